The molecule has 1 aromatic carbocycles. The van der Waals surface area contributed by atoms with Crippen LogP contribution >= 0.6 is 0 Å². The van der Waals surface area contributed by atoms with Crippen LogP contribution in [0.3, 0.4) is 0 Å². The molecule has 3 heterocycles. The predicted molar refractivity (Wildman–Crippen MR) is 149 cm³/mol. The molecule has 0 radical (unpaired) electrons. The summed E-state index contributed by atoms with van der Waals surface area (Å²) in [4.78, 5) is 34.8. The first-order valence-electron chi connectivity index (χ1n) is 12.0. The molecule has 0 saturated heterocycles. The highest BCUT2D eigenvalue weighted by Crippen LogP contribution is 2.14. The Balaban J connectivity index is 0.000000230. The Hall–Kier alpha value is -5.09. The third kappa shape index (κ3) is 10.3. The second-order valence-corrected chi connectivity index (χ2v) is 8.26. The van der Waals surface area contributed by atoms with Crippen LogP contribution < -0.4 is 5.32 Å². The van der Waals surface area contributed by atoms with E-state index in [1.165, 1.54) is 0 Å². The number of hydrogen-bond donors (Lipinski definition) is 2. The number of pyridine rings is 3. The second-order valence-electron chi connectivity index (χ2n) is 8.26. The number of carboxylic acid groups (broad SMARTS) is 1. The number of benzene rings is 1. The van der Waals surface area contributed by atoms with Gasteiger partial charge in [-0.2, -0.15) is 0 Å². The van der Waals surface area contributed by atoms with Gasteiger partial charge in [-0.1, -0.05) is 36.3 Å². The number of aliphatic carboxylic acids is 1. The Morgan fingerprint density at radius 2 is 1.63 bits per heavy atom. The molecule has 0 saturated carbocycles. The SMILES string of the molecule is Cc1cccc(C#Cc2cccnc2)n1.Cc1cccc(C=Cc2cccc(NC(=O)CCC(=O)O)c2)n1. The van der Waals surface area contributed by atoms with Crippen molar-refractivity contribution in [1.82, 2.24) is 15.0 Å². The molecule has 0 aliphatic carbocycles. The zero-order valence-electron chi connectivity index (χ0n) is 21.3. The van der Waals surface area contributed by atoms with E-state index in [-0.39, 0.29) is 18.7 Å². The van der Waals surface area contributed by atoms with Gasteiger partial charge in [-0.3, -0.25) is 19.6 Å². The maximum absolute atomic E-state index is 11.6. The predicted octanol–water partition coefficient (Wildman–Crippen LogP) is 5.55. The molecule has 0 aliphatic heterocycles. The van der Waals surface area contributed by atoms with Gasteiger partial charge in [0.15, 0.2) is 0 Å². The smallest absolute Gasteiger partial charge is 0.303 e. The maximum Gasteiger partial charge on any atom is 0.303 e. The van der Waals surface area contributed by atoms with E-state index in [0.29, 0.717) is 5.69 Å². The molecule has 3 aromatic heterocycles. The average molecular weight is 505 g/mol. The molecule has 0 atom stereocenters. The Kier molecular flexibility index (Phi) is 10.5. The quantitative estimate of drug-likeness (QED) is 0.334. The van der Waals surface area contributed by atoms with Crippen LogP contribution in [0.2, 0.25) is 0 Å². The van der Waals surface area contributed by atoms with E-state index in [1.807, 2.05) is 92.7 Å². The summed E-state index contributed by atoms with van der Waals surface area (Å²) in [7, 11) is 0. The Bertz CT molecular complexity index is 1470. The minimum absolute atomic E-state index is 0.0391. The summed E-state index contributed by atoms with van der Waals surface area (Å²) in [6.45, 7) is 3.89. The summed E-state index contributed by atoms with van der Waals surface area (Å²) >= 11 is 0. The fourth-order valence-electron chi connectivity index (χ4n) is 3.19. The van der Waals surface area contributed by atoms with Crippen molar-refractivity contribution >= 4 is 29.7 Å². The van der Waals surface area contributed by atoms with Crippen LogP contribution in [-0.4, -0.2) is 31.9 Å². The fourth-order valence-corrected chi connectivity index (χ4v) is 3.19. The van der Waals surface area contributed by atoms with Gasteiger partial charge in [0, 0.05) is 41.5 Å². The minimum atomic E-state index is -0.984. The number of rotatable bonds is 6. The highest BCUT2D eigenvalue weighted by molar-refractivity contribution is 5.92. The standard InChI is InChI=1S/C18H18N2O3.C13H10N2/c1-13-4-2-6-15(19-13)9-8-14-5-3-7-16(12-14)20-17(21)10-11-18(22)23;1-11-4-2-6-13(15-11)8-7-12-5-3-9-14-10-12/h2-9,12H,10-11H2,1H3,(H,20,21)(H,22,23);2-6,9-10H,1H3. The summed E-state index contributed by atoms with van der Waals surface area (Å²) in [6.07, 6.45) is 7.07. The monoisotopic (exact) mass is 504 g/mol. The Labute approximate surface area is 222 Å². The van der Waals surface area contributed by atoms with E-state index in [4.69, 9.17) is 5.11 Å². The topological polar surface area (TPSA) is 105 Å². The molecule has 0 fully saturated rings. The number of anilines is 1. The van der Waals surface area contributed by atoms with Crippen LogP contribution in [0.5, 0.6) is 0 Å². The Morgan fingerprint density at radius 1 is 0.868 bits per heavy atom. The normalized spacial score (nSPS) is 10.1. The molecule has 1 amide bonds. The number of aryl methyl sites for hydroxylation is 2. The van der Waals surface area contributed by atoms with Crippen molar-refractivity contribution in [2.24, 2.45) is 0 Å². The zero-order valence-corrected chi connectivity index (χ0v) is 21.3. The van der Waals surface area contributed by atoms with Gasteiger partial charge in [-0.15, -0.1) is 0 Å². The van der Waals surface area contributed by atoms with Crippen molar-refractivity contribution in [2.45, 2.75) is 26.7 Å². The summed E-state index contributed by atoms with van der Waals surface area (Å²) in [5.41, 5.74) is 6.05. The zero-order chi connectivity index (χ0) is 27.2. The van der Waals surface area contributed by atoms with Crippen molar-refractivity contribution in [3.05, 3.63) is 119 Å². The van der Waals surface area contributed by atoms with Crippen LogP contribution in [0, 0.1) is 25.7 Å². The molecule has 4 aromatic rings. The molecule has 4 rings (SSSR count). The Morgan fingerprint density at radius 3 is 2.34 bits per heavy atom. The first-order valence-corrected chi connectivity index (χ1v) is 12.0. The lowest BCUT2D eigenvalue weighted by atomic mass is 10.1. The molecular formula is C31H28N4O3. The number of carbonyl (C=O) groups is 2. The van der Waals surface area contributed by atoms with Gasteiger partial charge in [-0.05, 0) is 79.9 Å². The largest absolute Gasteiger partial charge is 0.481 e. The lowest BCUT2D eigenvalue weighted by Crippen LogP contribution is -2.13. The van der Waals surface area contributed by atoms with E-state index in [2.05, 4.69) is 32.1 Å². The van der Waals surface area contributed by atoms with Gasteiger partial charge >= 0.3 is 5.97 Å². The number of nitrogens with zero attached hydrogens (tertiary/aromatic N) is 3. The molecule has 0 unspecified atom stereocenters. The van der Waals surface area contributed by atoms with Crippen molar-refractivity contribution in [3.63, 3.8) is 0 Å². The van der Waals surface area contributed by atoms with Crippen molar-refractivity contribution in [3.8, 4) is 11.8 Å². The number of nitrogens with one attached hydrogen (secondary N) is 1. The van der Waals surface area contributed by atoms with Gasteiger partial charge in [-0.25, -0.2) is 4.98 Å². The van der Waals surface area contributed by atoms with E-state index < -0.39 is 5.97 Å². The average Bonchev–Trinajstić information content (AvgIpc) is 2.91. The van der Waals surface area contributed by atoms with E-state index in [1.54, 1.807) is 18.5 Å². The van der Waals surface area contributed by atoms with Gasteiger partial charge in [0.25, 0.3) is 0 Å². The number of carbonyl (C=O) groups excluding carboxylic acids is 1. The van der Waals surface area contributed by atoms with Crippen molar-refractivity contribution < 1.29 is 14.7 Å². The maximum atomic E-state index is 11.6. The third-order valence-electron chi connectivity index (χ3n) is 4.98. The molecule has 7 nitrogen and oxygen atoms in total. The van der Waals surface area contributed by atoms with Gasteiger partial charge in [0.05, 0.1) is 12.1 Å². The third-order valence-corrected chi connectivity index (χ3v) is 4.98. The van der Waals surface area contributed by atoms with Crippen molar-refractivity contribution in [1.29, 1.82) is 0 Å². The summed E-state index contributed by atoms with van der Waals surface area (Å²) in [6, 6.07) is 22.7. The molecule has 2 N–H and O–H groups in total. The molecular weight excluding hydrogens is 476 g/mol. The lowest BCUT2D eigenvalue weighted by molar-refractivity contribution is -0.138. The molecule has 0 aliphatic rings. The highest BCUT2D eigenvalue weighted by Gasteiger charge is 2.05. The van der Waals surface area contributed by atoms with Gasteiger partial charge in [0.1, 0.15) is 5.69 Å². The summed E-state index contributed by atoms with van der Waals surface area (Å²) in [5.74, 6) is 4.72. The van der Waals surface area contributed by atoms with Crippen molar-refractivity contribution in [2.75, 3.05) is 5.32 Å². The number of carboxylic acids is 1. The van der Waals surface area contributed by atoms with E-state index >= 15 is 0 Å². The molecule has 190 valence electrons. The van der Waals surface area contributed by atoms with E-state index in [9.17, 15) is 9.59 Å². The second kappa shape index (κ2) is 14.5. The molecule has 38 heavy (non-hydrogen) atoms. The number of amides is 1. The van der Waals surface area contributed by atoms with Crippen LogP contribution in [0.1, 0.15) is 46.7 Å². The van der Waals surface area contributed by atoms with E-state index in [0.717, 1.165) is 33.9 Å². The van der Waals surface area contributed by atoms with Crippen LogP contribution in [0.4, 0.5) is 5.69 Å². The summed E-state index contributed by atoms with van der Waals surface area (Å²) < 4.78 is 0. The first kappa shape index (κ1) is 27.5. The number of hydrogen-bond acceptors (Lipinski definition) is 5. The summed E-state index contributed by atoms with van der Waals surface area (Å²) in [5, 5.41) is 11.3. The minimum Gasteiger partial charge on any atom is -0.481 e. The van der Waals surface area contributed by atoms with Gasteiger partial charge < -0.3 is 10.4 Å². The number of aromatic nitrogens is 3. The van der Waals surface area contributed by atoms with Crippen LogP contribution in [0.25, 0.3) is 12.2 Å². The molecule has 0 spiro atoms. The van der Waals surface area contributed by atoms with Crippen LogP contribution in [0.15, 0.2) is 85.2 Å². The molecule has 7 heteroatoms. The highest BCUT2D eigenvalue weighted by atomic mass is 16.4. The molecule has 0 bridgehead atoms. The fraction of sp³-hybridized carbons (Fsp3) is 0.129. The first-order chi connectivity index (χ1) is 18.4. The lowest BCUT2D eigenvalue weighted by Gasteiger charge is -2.05. The van der Waals surface area contributed by atoms with Gasteiger partial charge in [0.2, 0.25) is 5.91 Å². The van der Waals surface area contributed by atoms with Crippen LogP contribution in [-0.2, 0) is 9.59 Å².